The highest BCUT2D eigenvalue weighted by Gasteiger charge is 2.14. The third-order valence-corrected chi connectivity index (χ3v) is 4.53. The molecule has 148 valence electrons. The zero-order valence-corrected chi connectivity index (χ0v) is 16.9. The molecule has 0 spiro atoms. The summed E-state index contributed by atoms with van der Waals surface area (Å²) in [5.41, 5.74) is 2.73. The summed E-state index contributed by atoms with van der Waals surface area (Å²) < 4.78 is 0. The molecule has 0 heterocycles. The number of benzene rings is 2. The van der Waals surface area contributed by atoms with Gasteiger partial charge in [0.15, 0.2) is 0 Å². The predicted molar refractivity (Wildman–Crippen MR) is 114 cm³/mol. The Bertz CT molecular complexity index is 794. The van der Waals surface area contributed by atoms with Crippen LogP contribution in [0.4, 0.5) is 0 Å². The molecule has 2 rings (SSSR count). The van der Waals surface area contributed by atoms with Crippen LogP contribution < -0.4 is 10.6 Å². The van der Waals surface area contributed by atoms with Crippen LogP contribution >= 0.6 is 0 Å². The third kappa shape index (κ3) is 6.67. The van der Waals surface area contributed by atoms with E-state index in [1.54, 1.807) is 30.3 Å². The van der Waals surface area contributed by atoms with Gasteiger partial charge in [-0.2, -0.15) is 0 Å². The molecule has 0 saturated heterocycles. The number of nitrogens with zero attached hydrogens (tertiary/aromatic N) is 1. The molecule has 0 radical (unpaired) electrons. The van der Waals surface area contributed by atoms with Crippen LogP contribution in [0, 0.1) is 6.92 Å². The summed E-state index contributed by atoms with van der Waals surface area (Å²) in [4.78, 5) is 27.5. The first kappa shape index (κ1) is 21.4. The molecular formula is C23H29N3O2. The Balaban J connectivity index is 2.14. The standard InChI is InChI=1S/C23H29N3O2/c1-4-26(5-2)16-15-24-23(28)21(17-19-13-11-18(3)12-14-19)25-22(27)20-9-7-6-8-10-20/h6-14,17H,4-5,15-16H2,1-3H3,(H,24,28)(H,25,27)/b21-17-. The number of hydrogen-bond acceptors (Lipinski definition) is 3. The van der Waals surface area contributed by atoms with Crippen molar-refractivity contribution < 1.29 is 9.59 Å². The second-order valence-corrected chi connectivity index (χ2v) is 6.57. The molecule has 2 aromatic rings. The fraction of sp³-hybridized carbons (Fsp3) is 0.304. The van der Waals surface area contributed by atoms with E-state index in [0.29, 0.717) is 12.1 Å². The van der Waals surface area contributed by atoms with Gasteiger partial charge in [0.05, 0.1) is 0 Å². The summed E-state index contributed by atoms with van der Waals surface area (Å²) in [5.74, 6) is -0.602. The minimum absolute atomic E-state index is 0.234. The lowest BCUT2D eigenvalue weighted by Gasteiger charge is -2.18. The molecule has 0 bridgehead atoms. The molecule has 5 heteroatoms. The molecule has 0 aliphatic rings. The van der Waals surface area contributed by atoms with Gasteiger partial charge in [0.2, 0.25) is 0 Å². The van der Waals surface area contributed by atoms with Gasteiger partial charge in [-0.15, -0.1) is 0 Å². The van der Waals surface area contributed by atoms with Crippen LogP contribution in [0.2, 0.25) is 0 Å². The third-order valence-electron chi connectivity index (χ3n) is 4.53. The Hall–Kier alpha value is -2.92. The van der Waals surface area contributed by atoms with Crippen LogP contribution in [0.25, 0.3) is 6.08 Å². The second-order valence-electron chi connectivity index (χ2n) is 6.57. The van der Waals surface area contributed by atoms with Gasteiger partial charge in [0.1, 0.15) is 5.70 Å². The SMILES string of the molecule is CCN(CC)CCNC(=O)/C(=C/c1ccc(C)cc1)NC(=O)c1ccccc1. The van der Waals surface area contributed by atoms with Gasteiger partial charge in [-0.25, -0.2) is 0 Å². The smallest absolute Gasteiger partial charge is 0.267 e. The number of aryl methyl sites for hydroxylation is 1. The van der Waals surface area contributed by atoms with E-state index in [1.165, 1.54) is 0 Å². The quantitative estimate of drug-likeness (QED) is 0.658. The first-order valence-corrected chi connectivity index (χ1v) is 9.68. The predicted octanol–water partition coefficient (Wildman–Crippen LogP) is 3.22. The summed E-state index contributed by atoms with van der Waals surface area (Å²) in [6, 6.07) is 16.7. The van der Waals surface area contributed by atoms with Crippen LogP contribution in [0.1, 0.15) is 35.3 Å². The fourth-order valence-corrected chi connectivity index (χ4v) is 2.73. The number of hydrogen-bond donors (Lipinski definition) is 2. The van der Waals surface area contributed by atoms with Crippen molar-refractivity contribution in [2.24, 2.45) is 0 Å². The molecule has 28 heavy (non-hydrogen) atoms. The monoisotopic (exact) mass is 379 g/mol. The zero-order valence-electron chi connectivity index (χ0n) is 16.9. The number of amides is 2. The maximum absolute atomic E-state index is 12.7. The number of likely N-dealkylation sites (N-methyl/N-ethyl adjacent to an activating group) is 1. The molecule has 0 atom stereocenters. The van der Waals surface area contributed by atoms with E-state index < -0.39 is 0 Å². The summed E-state index contributed by atoms with van der Waals surface area (Å²) in [7, 11) is 0. The molecular weight excluding hydrogens is 350 g/mol. The Labute approximate surface area is 167 Å². The van der Waals surface area contributed by atoms with E-state index in [-0.39, 0.29) is 17.5 Å². The lowest BCUT2D eigenvalue weighted by Crippen LogP contribution is -2.39. The maximum Gasteiger partial charge on any atom is 0.267 e. The minimum Gasteiger partial charge on any atom is -0.349 e. The molecule has 2 aromatic carbocycles. The number of carbonyl (C=O) groups excluding carboxylic acids is 2. The lowest BCUT2D eigenvalue weighted by atomic mass is 10.1. The molecule has 5 nitrogen and oxygen atoms in total. The topological polar surface area (TPSA) is 61.4 Å². The van der Waals surface area contributed by atoms with Gasteiger partial charge < -0.3 is 15.5 Å². The minimum atomic E-state index is -0.308. The first-order valence-electron chi connectivity index (χ1n) is 9.68. The molecule has 0 fully saturated rings. The van der Waals surface area contributed by atoms with E-state index in [4.69, 9.17) is 0 Å². The van der Waals surface area contributed by atoms with Gasteiger partial charge in [-0.3, -0.25) is 9.59 Å². The normalized spacial score (nSPS) is 11.4. The molecule has 0 aliphatic carbocycles. The number of carbonyl (C=O) groups is 2. The summed E-state index contributed by atoms with van der Waals surface area (Å²) in [5, 5.41) is 5.67. The second kappa shape index (κ2) is 11.0. The number of nitrogens with one attached hydrogen (secondary N) is 2. The van der Waals surface area contributed by atoms with Crippen molar-refractivity contribution in [3.8, 4) is 0 Å². The van der Waals surface area contributed by atoms with Crippen molar-refractivity contribution in [1.82, 2.24) is 15.5 Å². The zero-order chi connectivity index (χ0) is 20.4. The van der Waals surface area contributed by atoms with Gasteiger partial charge in [-0.1, -0.05) is 61.9 Å². The summed E-state index contributed by atoms with van der Waals surface area (Å²) >= 11 is 0. The largest absolute Gasteiger partial charge is 0.349 e. The molecule has 2 amide bonds. The molecule has 0 saturated carbocycles. The van der Waals surface area contributed by atoms with Crippen molar-refractivity contribution in [3.63, 3.8) is 0 Å². The fourth-order valence-electron chi connectivity index (χ4n) is 2.73. The maximum atomic E-state index is 12.7. The molecule has 2 N–H and O–H groups in total. The van der Waals surface area contributed by atoms with Crippen molar-refractivity contribution >= 4 is 17.9 Å². The van der Waals surface area contributed by atoms with Gasteiger partial charge in [0.25, 0.3) is 11.8 Å². The highest BCUT2D eigenvalue weighted by Crippen LogP contribution is 2.09. The average Bonchev–Trinajstić information content (AvgIpc) is 2.72. The molecule has 0 aliphatic heterocycles. The van der Waals surface area contributed by atoms with Gasteiger partial charge in [-0.05, 0) is 43.8 Å². The van der Waals surface area contributed by atoms with Crippen LogP contribution in [0.3, 0.4) is 0 Å². The van der Waals surface area contributed by atoms with Crippen molar-refractivity contribution in [2.75, 3.05) is 26.2 Å². The highest BCUT2D eigenvalue weighted by molar-refractivity contribution is 6.05. The summed E-state index contributed by atoms with van der Waals surface area (Å²) in [6.07, 6.45) is 1.70. The molecule has 0 aromatic heterocycles. The van der Waals surface area contributed by atoms with Crippen LogP contribution in [-0.4, -0.2) is 42.9 Å². The first-order chi connectivity index (χ1) is 13.5. The van der Waals surface area contributed by atoms with Gasteiger partial charge >= 0.3 is 0 Å². The average molecular weight is 380 g/mol. The Morgan fingerprint density at radius 3 is 2.21 bits per heavy atom. The van der Waals surface area contributed by atoms with E-state index >= 15 is 0 Å². The Morgan fingerprint density at radius 1 is 0.964 bits per heavy atom. The van der Waals surface area contributed by atoms with E-state index in [2.05, 4.69) is 29.4 Å². The summed E-state index contributed by atoms with van der Waals surface area (Å²) in [6.45, 7) is 9.34. The highest BCUT2D eigenvalue weighted by atomic mass is 16.2. The van der Waals surface area contributed by atoms with E-state index in [9.17, 15) is 9.59 Å². The van der Waals surface area contributed by atoms with Crippen LogP contribution in [-0.2, 0) is 4.79 Å². The molecule has 0 unspecified atom stereocenters. The van der Waals surface area contributed by atoms with Gasteiger partial charge in [0, 0.05) is 18.7 Å². The Morgan fingerprint density at radius 2 is 1.61 bits per heavy atom. The van der Waals surface area contributed by atoms with Crippen LogP contribution in [0.15, 0.2) is 60.3 Å². The van der Waals surface area contributed by atoms with Crippen LogP contribution in [0.5, 0.6) is 0 Å². The van der Waals surface area contributed by atoms with Crippen molar-refractivity contribution in [2.45, 2.75) is 20.8 Å². The Kier molecular flexibility index (Phi) is 8.43. The number of rotatable bonds is 9. The van der Waals surface area contributed by atoms with Crippen molar-refractivity contribution in [1.29, 1.82) is 0 Å². The van der Waals surface area contributed by atoms with E-state index in [0.717, 1.165) is 30.8 Å². The van der Waals surface area contributed by atoms with E-state index in [1.807, 2.05) is 37.3 Å². The lowest BCUT2D eigenvalue weighted by molar-refractivity contribution is -0.117. The van der Waals surface area contributed by atoms with Crippen molar-refractivity contribution in [3.05, 3.63) is 77.0 Å².